The van der Waals surface area contributed by atoms with Crippen LogP contribution < -0.4 is 0 Å². The molecule has 0 aromatic heterocycles. The van der Waals surface area contributed by atoms with Crippen LogP contribution in [-0.2, 0) is 23.7 Å². The van der Waals surface area contributed by atoms with E-state index in [1.54, 1.807) is 0 Å². The van der Waals surface area contributed by atoms with E-state index < -0.39 is 0 Å². The summed E-state index contributed by atoms with van der Waals surface area (Å²) in [7, 11) is 0. The van der Waals surface area contributed by atoms with Crippen LogP contribution in [0.25, 0.3) is 11.1 Å². The number of fused-ring (bicyclic) bond motifs is 11. The van der Waals surface area contributed by atoms with E-state index in [2.05, 4.69) is 206 Å². The van der Waals surface area contributed by atoms with Gasteiger partial charge in [0.15, 0.2) is 0 Å². The molecule has 3 aliphatic carbocycles. The van der Waals surface area contributed by atoms with E-state index >= 15 is 0 Å². The van der Waals surface area contributed by atoms with Crippen LogP contribution in [0.1, 0.15) is 191 Å². The van der Waals surface area contributed by atoms with E-state index in [9.17, 15) is 0 Å². The summed E-state index contributed by atoms with van der Waals surface area (Å²) in [4.78, 5) is 0. The molecule has 0 saturated carbocycles. The molecular formula is C70H92. The Morgan fingerprint density at radius 1 is 0.200 bits per heavy atom. The SMILES string of the molecule is CC.CC.CC.CC.CC.CC.CC.CC.CC.c1ccc(C2(c3ccccc3)c3ccccc3Cc3ccccc32)cc1.c1ccc2c(c1)Cc1ccccc1C21c2ccccc2-c2ccccc21. The molecule has 0 radical (unpaired) electrons. The monoisotopic (exact) mass is 933 g/mol. The van der Waals surface area contributed by atoms with Gasteiger partial charge in [-0.1, -0.05) is 331 Å². The summed E-state index contributed by atoms with van der Waals surface area (Å²) in [5.74, 6) is 0. The van der Waals surface area contributed by atoms with E-state index in [4.69, 9.17) is 0 Å². The van der Waals surface area contributed by atoms with Gasteiger partial charge in [-0.15, -0.1) is 0 Å². The fraction of sp³-hybridized carbons (Fsp3) is 0.314. The van der Waals surface area contributed by atoms with Crippen LogP contribution in [0.4, 0.5) is 0 Å². The van der Waals surface area contributed by atoms with Crippen LogP contribution in [0.3, 0.4) is 0 Å². The second-order valence-electron chi connectivity index (χ2n) is 14.3. The van der Waals surface area contributed by atoms with Gasteiger partial charge in [-0.05, 0) is 90.7 Å². The molecule has 0 bridgehead atoms. The van der Waals surface area contributed by atoms with Crippen LogP contribution in [0.5, 0.6) is 0 Å². The smallest absolute Gasteiger partial charge is 0.0683 e. The minimum absolute atomic E-state index is 0.196. The summed E-state index contributed by atoms with van der Waals surface area (Å²) in [6.07, 6.45) is 2.01. The summed E-state index contributed by atoms with van der Waals surface area (Å²) in [5, 5.41) is 0. The van der Waals surface area contributed by atoms with Crippen molar-refractivity contribution in [2.45, 2.75) is 148 Å². The molecular weight excluding hydrogens is 841 g/mol. The molecule has 8 aromatic rings. The van der Waals surface area contributed by atoms with Crippen molar-refractivity contribution in [1.82, 2.24) is 0 Å². The average Bonchev–Trinajstić information content (AvgIpc) is 3.78. The lowest BCUT2D eigenvalue weighted by Gasteiger charge is -2.42. The fourth-order valence-corrected chi connectivity index (χ4v) is 9.84. The van der Waals surface area contributed by atoms with E-state index in [-0.39, 0.29) is 10.8 Å². The molecule has 3 aliphatic rings. The van der Waals surface area contributed by atoms with Gasteiger partial charge in [0.25, 0.3) is 0 Å². The number of benzene rings is 8. The molecule has 372 valence electrons. The van der Waals surface area contributed by atoms with Crippen LogP contribution in [0.2, 0.25) is 0 Å². The number of hydrogen-bond acceptors (Lipinski definition) is 0. The van der Waals surface area contributed by atoms with Crippen LogP contribution in [0.15, 0.2) is 206 Å². The average molecular weight is 934 g/mol. The molecule has 0 heterocycles. The zero-order chi connectivity index (χ0) is 52.5. The van der Waals surface area contributed by atoms with Gasteiger partial charge >= 0.3 is 0 Å². The van der Waals surface area contributed by atoms with Gasteiger partial charge in [-0.25, -0.2) is 0 Å². The van der Waals surface area contributed by atoms with Gasteiger partial charge in [0.1, 0.15) is 0 Å². The second kappa shape index (κ2) is 34.1. The summed E-state index contributed by atoms with van der Waals surface area (Å²) in [5.41, 5.74) is 19.2. The third-order valence-corrected chi connectivity index (χ3v) is 11.8. The fourth-order valence-electron chi connectivity index (χ4n) is 9.84. The Morgan fingerprint density at radius 3 is 0.671 bits per heavy atom. The second-order valence-corrected chi connectivity index (χ2v) is 14.3. The van der Waals surface area contributed by atoms with E-state index in [1.165, 1.54) is 77.9 Å². The Labute approximate surface area is 430 Å². The molecule has 0 saturated heterocycles. The molecule has 11 rings (SSSR count). The summed E-state index contributed by atoms with van der Waals surface area (Å²) < 4.78 is 0. The third kappa shape index (κ3) is 12.4. The molecule has 0 atom stereocenters. The first-order valence-electron chi connectivity index (χ1n) is 27.4. The topological polar surface area (TPSA) is 0 Å². The molecule has 1 spiro atoms. The highest BCUT2D eigenvalue weighted by atomic mass is 14.5. The van der Waals surface area contributed by atoms with Crippen LogP contribution in [0, 0.1) is 0 Å². The maximum absolute atomic E-state index is 2.34. The van der Waals surface area contributed by atoms with Crippen molar-refractivity contribution in [2.75, 3.05) is 0 Å². The first-order valence-corrected chi connectivity index (χ1v) is 27.4. The van der Waals surface area contributed by atoms with Crippen molar-refractivity contribution >= 4 is 0 Å². The molecule has 0 unspecified atom stereocenters. The summed E-state index contributed by atoms with van der Waals surface area (Å²) >= 11 is 0. The molecule has 0 amide bonds. The highest BCUT2D eigenvalue weighted by Gasteiger charge is 2.49. The third-order valence-electron chi connectivity index (χ3n) is 11.8. The van der Waals surface area contributed by atoms with Crippen molar-refractivity contribution < 1.29 is 0 Å². The Hall–Kier alpha value is -6.24. The van der Waals surface area contributed by atoms with Crippen molar-refractivity contribution in [3.8, 4) is 11.1 Å². The van der Waals surface area contributed by atoms with Crippen molar-refractivity contribution in [3.05, 3.63) is 273 Å². The lowest BCUT2D eigenvalue weighted by atomic mass is 9.60. The van der Waals surface area contributed by atoms with Gasteiger partial charge in [-0.2, -0.15) is 0 Å². The first kappa shape index (κ1) is 61.8. The number of hydrogen-bond donors (Lipinski definition) is 0. The maximum Gasteiger partial charge on any atom is 0.0719 e. The standard InChI is InChI=1S/C26H18.C26H20.9C2H6/c1-5-13-22-18(9-1)17-19-10-2-6-14-23(19)26(22)24-15-7-3-11-20(24)21-12-4-8-16-25(21)26;1-3-13-22(14-4-1)26(23-15-5-2-6-16-23)24-17-9-7-11-20(24)19-21-12-8-10-18-25(21)26;9*1-2/h1-16H,17H2;1-18H,19H2;9*1-2H3. The first-order chi connectivity index (χ1) is 34.8. The van der Waals surface area contributed by atoms with Gasteiger partial charge in [-0.3, -0.25) is 0 Å². The Bertz CT molecular complexity index is 2300. The van der Waals surface area contributed by atoms with E-state index in [0.29, 0.717) is 0 Å². The molecule has 70 heavy (non-hydrogen) atoms. The Kier molecular flexibility index (Phi) is 30.1. The molecule has 8 aromatic carbocycles. The zero-order valence-corrected chi connectivity index (χ0v) is 47.0. The van der Waals surface area contributed by atoms with Gasteiger partial charge in [0, 0.05) is 0 Å². The van der Waals surface area contributed by atoms with Crippen molar-refractivity contribution in [2.24, 2.45) is 0 Å². The minimum Gasteiger partial charge on any atom is -0.0683 e. The predicted molar refractivity (Wildman–Crippen MR) is 316 cm³/mol. The van der Waals surface area contributed by atoms with Crippen LogP contribution in [-0.4, -0.2) is 0 Å². The predicted octanol–water partition coefficient (Wildman–Crippen LogP) is 21.2. The highest BCUT2D eigenvalue weighted by molar-refractivity contribution is 5.87. The zero-order valence-electron chi connectivity index (χ0n) is 47.0. The van der Waals surface area contributed by atoms with Crippen LogP contribution >= 0.6 is 0 Å². The lowest BCUT2D eigenvalue weighted by Crippen LogP contribution is -2.36. The molecule has 0 nitrogen and oxygen atoms in total. The number of rotatable bonds is 2. The molecule has 0 heteroatoms. The molecule has 0 fully saturated rings. The van der Waals surface area contributed by atoms with Gasteiger partial charge in [0.2, 0.25) is 0 Å². The summed E-state index contributed by atoms with van der Waals surface area (Å²) in [6.45, 7) is 36.0. The molecule has 0 N–H and O–H groups in total. The van der Waals surface area contributed by atoms with Gasteiger partial charge < -0.3 is 0 Å². The maximum atomic E-state index is 2.34. The largest absolute Gasteiger partial charge is 0.0719 e. The lowest BCUT2D eigenvalue weighted by molar-refractivity contribution is 0.703. The quantitative estimate of drug-likeness (QED) is 0.162. The van der Waals surface area contributed by atoms with Crippen molar-refractivity contribution in [3.63, 3.8) is 0 Å². The Morgan fingerprint density at radius 2 is 0.400 bits per heavy atom. The minimum atomic E-state index is -0.270. The van der Waals surface area contributed by atoms with Gasteiger partial charge in [0.05, 0.1) is 10.8 Å². The normalized spacial score (nSPS) is 11.7. The van der Waals surface area contributed by atoms with E-state index in [0.717, 1.165) is 12.8 Å². The Balaban J connectivity index is 0.000000532. The highest BCUT2D eigenvalue weighted by Crippen LogP contribution is 2.59. The molecule has 0 aliphatic heterocycles. The summed E-state index contributed by atoms with van der Waals surface area (Å²) in [6, 6.07) is 75.7. The van der Waals surface area contributed by atoms with E-state index in [1.807, 2.05) is 125 Å². The van der Waals surface area contributed by atoms with Crippen molar-refractivity contribution in [1.29, 1.82) is 0 Å².